The molecule has 3 N–H and O–H groups in total. The number of non-ortho nitro benzene ring substituents is 1. The van der Waals surface area contributed by atoms with Gasteiger partial charge in [0.05, 0.1) is 27.8 Å². The third-order valence-electron chi connectivity index (χ3n) is 2.26. The van der Waals surface area contributed by atoms with E-state index in [4.69, 9.17) is 16.7 Å². The fraction of sp³-hybridized carbons (Fsp3) is 0.364. The first-order valence-electron chi connectivity index (χ1n) is 5.39. The van der Waals surface area contributed by atoms with Gasteiger partial charge in [0, 0.05) is 12.1 Å². The summed E-state index contributed by atoms with van der Waals surface area (Å²) in [6.07, 6.45) is 0. The number of hydrogen-bond acceptors (Lipinski definition) is 4. The lowest BCUT2D eigenvalue weighted by atomic mass is 10.1. The van der Waals surface area contributed by atoms with Crippen LogP contribution in [-0.2, 0) is 0 Å². The molecule has 0 aromatic heterocycles. The quantitative estimate of drug-likeness (QED) is 0.583. The predicted molar refractivity (Wildman–Crippen MR) is 71.4 cm³/mol. The second-order valence-electron chi connectivity index (χ2n) is 4.54. The number of rotatable bonds is 4. The van der Waals surface area contributed by atoms with E-state index in [2.05, 4.69) is 10.6 Å². The molecule has 19 heavy (non-hydrogen) atoms. The minimum atomic E-state index is -0.780. The van der Waals surface area contributed by atoms with Gasteiger partial charge in [0.25, 0.3) is 5.69 Å². The van der Waals surface area contributed by atoms with Crippen LogP contribution in [0.3, 0.4) is 0 Å². The first-order chi connectivity index (χ1) is 8.75. The smallest absolute Gasteiger partial charge is 0.319 e. The summed E-state index contributed by atoms with van der Waals surface area (Å²) in [7, 11) is 0. The third kappa shape index (κ3) is 4.38. The molecule has 0 aliphatic carbocycles. The average molecular weight is 288 g/mol. The number of halogens is 1. The van der Waals surface area contributed by atoms with E-state index >= 15 is 0 Å². The number of benzene rings is 1. The zero-order chi connectivity index (χ0) is 14.6. The van der Waals surface area contributed by atoms with Crippen molar-refractivity contribution >= 4 is 29.0 Å². The third-order valence-corrected chi connectivity index (χ3v) is 2.57. The molecule has 0 atom stereocenters. The maximum Gasteiger partial charge on any atom is 0.319 e. The molecular formula is C11H14ClN3O4. The van der Waals surface area contributed by atoms with Crippen LogP contribution in [0, 0.1) is 10.1 Å². The lowest BCUT2D eigenvalue weighted by Gasteiger charge is -2.23. The lowest BCUT2D eigenvalue weighted by Crippen LogP contribution is -2.48. The van der Waals surface area contributed by atoms with Gasteiger partial charge in [-0.2, -0.15) is 0 Å². The highest BCUT2D eigenvalue weighted by molar-refractivity contribution is 6.33. The standard InChI is InChI=1S/C11H14ClN3O4/c1-11(2,6-16)14-10(17)13-9-4-3-7(15(18)19)5-8(9)12/h3-5,16H,6H2,1-2H3,(H2,13,14,17). The second-order valence-corrected chi connectivity index (χ2v) is 4.95. The Bertz CT molecular complexity index is 505. The Morgan fingerprint density at radius 1 is 1.53 bits per heavy atom. The molecule has 2 amide bonds. The summed E-state index contributed by atoms with van der Waals surface area (Å²) in [5.74, 6) is 0. The molecule has 0 spiro atoms. The highest BCUT2D eigenvalue weighted by atomic mass is 35.5. The van der Waals surface area contributed by atoms with Gasteiger partial charge in [-0.05, 0) is 19.9 Å². The number of aliphatic hydroxyl groups is 1. The van der Waals surface area contributed by atoms with E-state index in [1.807, 2.05) is 0 Å². The van der Waals surface area contributed by atoms with Gasteiger partial charge in [0.15, 0.2) is 0 Å². The summed E-state index contributed by atoms with van der Waals surface area (Å²) in [5.41, 5.74) is -0.692. The molecule has 0 fully saturated rings. The van der Waals surface area contributed by atoms with Crippen LogP contribution < -0.4 is 10.6 Å². The van der Waals surface area contributed by atoms with Gasteiger partial charge in [-0.3, -0.25) is 10.1 Å². The minimum absolute atomic E-state index is 0.0613. The molecule has 0 bridgehead atoms. The zero-order valence-electron chi connectivity index (χ0n) is 10.4. The molecule has 0 aliphatic rings. The normalized spacial score (nSPS) is 10.9. The van der Waals surface area contributed by atoms with Crippen molar-refractivity contribution in [1.29, 1.82) is 0 Å². The number of aliphatic hydroxyl groups excluding tert-OH is 1. The Balaban J connectivity index is 2.78. The fourth-order valence-corrected chi connectivity index (χ4v) is 1.44. The van der Waals surface area contributed by atoms with Gasteiger partial charge in [-0.25, -0.2) is 4.79 Å². The van der Waals surface area contributed by atoms with Crippen molar-refractivity contribution < 1.29 is 14.8 Å². The molecule has 0 heterocycles. The Morgan fingerprint density at radius 3 is 2.63 bits per heavy atom. The van der Waals surface area contributed by atoms with Crippen LogP contribution in [0.25, 0.3) is 0 Å². The molecule has 0 saturated carbocycles. The molecule has 8 heteroatoms. The van der Waals surface area contributed by atoms with E-state index in [1.165, 1.54) is 12.1 Å². The number of carbonyl (C=O) groups is 1. The number of carbonyl (C=O) groups excluding carboxylic acids is 1. The van der Waals surface area contributed by atoms with Crippen LogP contribution in [0.4, 0.5) is 16.2 Å². The van der Waals surface area contributed by atoms with Gasteiger partial charge in [-0.1, -0.05) is 11.6 Å². The molecule has 1 aromatic carbocycles. The van der Waals surface area contributed by atoms with Crippen LogP contribution >= 0.6 is 11.6 Å². The molecule has 104 valence electrons. The van der Waals surface area contributed by atoms with E-state index in [1.54, 1.807) is 13.8 Å². The molecule has 1 aromatic rings. The summed E-state index contributed by atoms with van der Waals surface area (Å²) < 4.78 is 0. The maximum absolute atomic E-state index is 11.6. The molecule has 0 unspecified atom stereocenters. The summed E-state index contributed by atoms with van der Waals surface area (Å²) in [4.78, 5) is 21.6. The Morgan fingerprint density at radius 2 is 2.16 bits per heavy atom. The Labute approximate surface area is 114 Å². The number of nitrogens with one attached hydrogen (secondary N) is 2. The van der Waals surface area contributed by atoms with Crippen LogP contribution in [0.2, 0.25) is 5.02 Å². The van der Waals surface area contributed by atoms with Gasteiger partial charge in [0.2, 0.25) is 0 Å². The lowest BCUT2D eigenvalue weighted by molar-refractivity contribution is -0.384. The van der Waals surface area contributed by atoms with E-state index in [9.17, 15) is 14.9 Å². The number of amides is 2. The first-order valence-corrected chi connectivity index (χ1v) is 5.77. The minimum Gasteiger partial charge on any atom is -0.394 e. The number of nitro benzene ring substituents is 1. The van der Waals surface area contributed by atoms with E-state index in [0.29, 0.717) is 0 Å². The Hall–Kier alpha value is -1.86. The van der Waals surface area contributed by atoms with Crippen molar-refractivity contribution in [2.45, 2.75) is 19.4 Å². The predicted octanol–water partition coefficient (Wildman–Crippen LogP) is 2.14. The van der Waals surface area contributed by atoms with Gasteiger partial charge >= 0.3 is 6.03 Å². The van der Waals surface area contributed by atoms with Crippen LogP contribution in [0.1, 0.15) is 13.8 Å². The number of hydrogen-bond donors (Lipinski definition) is 3. The van der Waals surface area contributed by atoms with E-state index < -0.39 is 16.5 Å². The number of anilines is 1. The number of urea groups is 1. The first kappa shape index (κ1) is 15.2. The molecule has 7 nitrogen and oxygen atoms in total. The van der Waals surface area contributed by atoms with Crippen molar-refractivity contribution in [2.75, 3.05) is 11.9 Å². The summed E-state index contributed by atoms with van der Waals surface area (Å²) in [5, 5.41) is 24.6. The van der Waals surface area contributed by atoms with Crippen molar-refractivity contribution in [1.82, 2.24) is 5.32 Å². The van der Waals surface area contributed by atoms with Crippen LogP contribution in [-0.4, -0.2) is 28.2 Å². The van der Waals surface area contributed by atoms with Crippen molar-refractivity contribution in [3.8, 4) is 0 Å². The van der Waals surface area contributed by atoms with Gasteiger partial charge in [-0.15, -0.1) is 0 Å². The van der Waals surface area contributed by atoms with Crippen molar-refractivity contribution in [3.63, 3.8) is 0 Å². The van der Waals surface area contributed by atoms with Crippen molar-refractivity contribution in [2.24, 2.45) is 0 Å². The number of nitrogens with zero attached hydrogens (tertiary/aromatic N) is 1. The van der Waals surface area contributed by atoms with Gasteiger partial charge in [0.1, 0.15) is 0 Å². The number of nitro groups is 1. The van der Waals surface area contributed by atoms with Crippen LogP contribution in [0.15, 0.2) is 18.2 Å². The molecular weight excluding hydrogens is 274 g/mol. The average Bonchev–Trinajstić information content (AvgIpc) is 2.30. The molecule has 0 aliphatic heterocycles. The fourth-order valence-electron chi connectivity index (χ4n) is 1.22. The highest BCUT2D eigenvalue weighted by Gasteiger charge is 2.19. The monoisotopic (exact) mass is 287 g/mol. The zero-order valence-corrected chi connectivity index (χ0v) is 11.2. The van der Waals surface area contributed by atoms with Crippen LogP contribution in [0.5, 0.6) is 0 Å². The molecule has 0 saturated heterocycles. The largest absolute Gasteiger partial charge is 0.394 e. The molecule has 1 rings (SSSR count). The second kappa shape index (κ2) is 5.85. The summed E-state index contributed by atoms with van der Waals surface area (Å²) >= 11 is 5.83. The summed E-state index contributed by atoms with van der Waals surface area (Å²) in [6, 6.07) is 3.16. The van der Waals surface area contributed by atoms with E-state index in [0.717, 1.165) is 6.07 Å². The van der Waals surface area contributed by atoms with E-state index in [-0.39, 0.29) is 23.0 Å². The van der Waals surface area contributed by atoms with Crippen molar-refractivity contribution in [3.05, 3.63) is 33.3 Å². The highest BCUT2D eigenvalue weighted by Crippen LogP contribution is 2.26. The van der Waals surface area contributed by atoms with Gasteiger partial charge < -0.3 is 15.7 Å². The summed E-state index contributed by atoms with van der Waals surface area (Å²) in [6.45, 7) is 3.06. The Kier molecular flexibility index (Phi) is 4.68. The topological polar surface area (TPSA) is 104 Å². The molecule has 0 radical (unpaired) electrons. The SMILES string of the molecule is CC(C)(CO)NC(=O)Nc1ccc([N+](=O)[O-])cc1Cl. The maximum atomic E-state index is 11.6.